The SMILES string of the molecule is COC(=O)c1c(C)nc(C2CC2)nc1SCC(=O)N[C@@H](C)c1ccco1. The van der Waals surface area contributed by atoms with E-state index in [0.29, 0.717) is 28.0 Å². The maximum atomic E-state index is 12.3. The molecule has 0 radical (unpaired) electrons. The molecule has 0 unspecified atom stereocenters. The van der Waals surface area contributed by atoms with E-state index < -0.39 is 5.97 Å². The molecule has 1 amide bonds. The second-order valence-corrected chi connectivity index (χ2v) is 7.17. The number of carbonyl (C=O) groups excluding carboxylic acids is 2. The zero-order chi connectivity index (χ0) is 18.7. The second-order valence-electron chi connectivity index (χ2n) is 6.21. The first-order valence-electron chi connectivity index (χ1n) is 8.42. The topological polar surface area (TPSA) is 94.3 Å². The quantitative estimate of drug-likeness (QED) is 0.451. The molecule has 0 saturated heterocycles. The van der Waals surface area contributed by atoms with Crippen molar-refractivity contribution in [3.05, 3.63) is 41.2 Å². The van der Waals surface area contributed by atoms with E-state index in [1.807, 2.05) is 13.0 Å². The van der Waals surface area contributed by atoms with Crippen LogP contribution in [0.5, 0.6) is 0 Å². The fourth-order valence-electron chi connectivity index (χ4n) is 2.56. The lowest BCUT2D eigenvalue weighted by atomic mass is 10.2. The molecule has 0 spiro atoms. The summed E-state index contributed by atoms with van der Waals surface area (Å²) >= 11 is 1.22. The molecule has 0 aliphatic heterocycles. The molecule has 2 aromatic heterocycles. The van der Waals surface area contributed by atoms with E-state index in [1.165, 1.54) is 18.9 Å². The van der Waals surface area contributed by atoms with Crippen molar-refractivity contribution in [3.8, 4) is 0 Å². The fraction of sp³-hybridized carbons (Fsp3) is 0.444. The van der Waals surface area contributed by atoms with Crippen molar-refractivity contribution in [1.82, 2.24) is 15.3 Å². The number of ether oxygens (including phenoxy) is 1. The standard InChI is InChI=1S/C18H21N3O4S/c1-10(13-5-4-8-25-13)19-14(22)9-26-17-15(18(23)24-3)11(2)20-16(21-17)12-6-7-12/h4-5,8,10,12H,6-7,9H2,1-3H3,(H,19,22)/t10-/m0/s1. The number of esters is 1. The zero-order valence-corrected chi connectivity index (χ0v) is 15.8. The summed E-state index contributed by atoms with van der Waals surface area (Å²) in [5.74, 6) is 1.26. The van der Waals surface area contributed by atoms with Gasteiger partial charge in [-0.25, -0.2) is 14.8 Å². The number of hydrogen-bond donors (Lipinski definition) is 1. The van der Waals surface area contributed by atoms with Crippen molar-refractivity contribution in [2.75, 3.05) is 12.9 Å². The van der Waals surface area contributed by atoms with E-state index in [-0.39, 0.29) is 17.7 Å². The number of nitrogens with zero attached hydrogens (tertiary/aromatic N) is 2. The summed E-state index contributed by atoms with van der Waals surface area (Å²) in [6.45, 7) is 3.62. The summed E-state index contributed by atoms with van der Waals surface area (Å²) in [5.41, 5.74) is 0.911. The van der Waals surface area contributed by atoms with Gasteiger partial charge in [-0.2, -0.15) is 0 Å². The monoisotopic (exact) mass is 375 g/mol. The van der Waals surface area contributed by atoms with Crippen molar-refractivity contribution in [2.24, 2.45) is 0 Å². The number of aryl methyl sites for hydroxylation is 1. The number of nitrogens with one attached hydrogen (secondary N) is 1. The average Bonchev–Trinajstić information content (AvgIpc) is 3.32. The van der Waals surface area contributed by atoms with E-state index in [0.717, 1.165) is 18.7 Å². The molecule has 1 N–H and O–H groups in total. The van der Waals surface area contributed by atoms with Gasteiger partial charge in [-0.1, -0.05) is 11.8 Å². The molecule has 1 saturated carbocycles. The Bertz CT molecular complexity index is 803. The lowest BCUT2D eigenvalue weighted by Crippen LogP contribution is -2.28. The highest BCUT2D eigenvalue weighted by atomic mass is 32.2. The second kappa shape index (κ2) is 7.90. The molecule has 1 aliphatic rings. The minimum absolute atomic E-state index is 0.135. The lowest BCUT2D eigenvalue weighted by molar-refractivity contribution is -0.119. The first-order valence-corrected chi connectivity index (χ1v) is 9.40. The Labute approximate surface area is 155 Å². The Balaban J connectivity index is 1.71. The van der Waals surface area contributed by atoms with E-state index in [1.54, 1.807) is 19.3 Å². The number of amides is 1. The van der Waals surface area contributed by atoms with Crippen molar-refractivity contribution >= 4 is 23.6 Å². The maximum absolute atomic E-state index is 12.3. The normalized spacial score (nSPS) is 14.7. The van der Waals surface area contributed by atoms with Gasteiger partial charge < -0.3 is 14.5 Å². The van der Waals surface area contributed by atoms with Crippen LogP contribution < -0.4 is 5.32 Å². The molecule has 26 heavy (non-hydrogen) atoms. The van der Waals surface area contributed by atoms with Crippen LogP contribution in [0.3, 0.4) is 0 Å². The Hall–Kier alpha value is -2.35. The molecule has 138 valence electrons. The number of furan rings is 1. The van der Waals surface area contributed by atoms with Crippen molar-refractivity contribution in [3.63, 3.8) is 0 Å². The summed E-state index contributed by atoms with van der Waals surface area (Å²) in [7, 11) is 1.32. The predicted molar refractivity (Wildman–Crippen MR) is 96.1 cm³/mol. The highest BCUT2D eigenvalue weighted by molar-refractivity contribution is 8.00. The van der Waals surface area contributed by atoms with Gasteiger partial charge in [0, 0.05) is 5.92 Å². The number of methoxy groups -OCH3 is 1. The number of rotatable bonds is 7. The molecular weight excluding hydrogens is 354 g/mol. The van der Waals surface area contributed by atoms with Crippen LogP contribution in [0, 0.1) is 6.92 Å². The predicted octanol–water partition coefficient (Wildman–Crippen LogP) is 3.01. The summed E-state index contributed by atoms with van der Waals surface area (Å²) in [5, 5.41) is 3.36. The van der Waals surface area contributed by atoms with Gasteiger partial charge in [0.1, 0.15) is 22.2 Å². The molecular formula is C18H21N3O4S. The molecule has 1 atom stereocenters. The first-order chi connectivity index (χ1) is 12.5. The molecule has 0 aromatic carbocycles. The lowest BCUT2D eigenvalue weighted by Gasteiger charge is -2.13. The van der Waals surface area contributed by atoms with Crippen LogP contribution in [-0.4, -0.2) is 34.7 Å². The van der Waals surface area contributed by atoms with Crippen LogP contribution >= 0.6 is 11.8 Å². The molecule has 0 bridgehead atoms. The Kier molecular flexibility index (Phi) is 5.61. The largest absolute Gasteiger partial charge is 0.467 e. The van der Waals surface area contributed by atoms with Gasteiger partial charge in [0.05, 0.1) is 30.9 Å². The van der Waals surface area contributed by atoms with Crippen molar-refractivity contribution in [1.29, 1.82) is 0 Å². The number of thioether (sulfide) groups is 1. The summed E-state index contributed by atoms with van der Waals surface area (Å²) < 4.78 is 10.1. The van der Waals surface area contributed by atoms with Crippen LogP contribution in [0.25, 0.3) is 0 Å². The van der Waals surface area contributed by atoms with Gasteiger partial charge in [-0.15, -0.1) is 0 Å². The number of hydrogen-bond acceptors (Lipinski definition) is 7. The third-order valence-electron chi connectivity index (χ3n) is 4.09. The van der Waals surface area contributed by atoms with Gasteiger partial charge in [0.15, 0.2) is 0 Å². The number of carbonyl (C=O) groups is 2. The third-order valence-corrected chi connectivity index (χ3v) is 5.07. The van der Waals surface area contributed by atoms with Gasteiger partial charge in [-0.3, -0.25) is 4.79 Å². The smallest absolute Gasteiger partial charge is 0.342 e. The summed E-state index contributed by atoms with van der Waals surface area (Å²) in [6.07, 6.45) is 3.68. The Morgan fingerprint density at radius 2 is 2.19 bits per heavy atom. The summed E-state index contributed by atoms with van der Waals surface area (Å²) in [6, 6.07) is 3.36. The molecule has 8 heteroatoms. The number of aromatic nitrogens is 2. The van der Waals surface area contributed by atoms with Crippen molar-refractivity contribution in [2.45, 2.75) is 43.7 Å². The molecule has 2 heterocycles. The summed E-state index contributed by atoms with van der Waals surface area (Å²) in [4.78, 5) is 33.3. The minimum atomic E-state index is -0.489. The van der Waals surface area contributed by atoms with E-state index >= 15 is 0 Å². The Morgan fingerprint density at radius 1 is 1.42 bits per heavy atom. The van der Waals surface area contributed by atoms with E-state index in [2.05, 4.69) is 15.3 Å². The van der Waals surface area contributed by atoms with Gasteiger partial charge >= 0.3 is 5.97 Å². The van der Waals surface area contributed by atoms with E-state index in [4.69, 9.17) is 9.15 Å². The highest BCUT2D eigenvalue weighted by Crippen LogP contribution is 2.39. The molecule has 1 fully saturated rings. The van der Waals surface area contributed by atoms with Crippen LogP contribution in [0.15, 0.2) is 27.8 Å². The first kappa shape index (κ1) is 18.4. The maximum Gasteiger partial charge on any atom is 0.342 e. The third kappa shape index (κ3) is 4.24. The minimum Gasteiger partial charge on any atom is -0.467 e. The van der Waals surface area contributed by atoms with Crippen LogP contribution in [0.1, 0.15) is 59.4 Å². The van der Waals surface area contributed by atoms with Crippen LogP contribution in [0.4, 0.5) is 0 Å². The molecule has 2 aromatic rings. The molecule has 1 aliphatic carbocycles. The molecule has 7 nitrogen and oxygen atoms in total. The Morgan fingerprint density at radius 3 is 2.81 bits per heavy atom. The average molecular weight is 375 g/mol. The van der Waals surface area contributed by atoms with Crippen LogP contribution in [-0.2, 0) is 9.53 Å². The van der Waals surface area contributed by atoms with E-state index in [9.17, 15) is 9.59 Å². The zero-order valence-electron chi connectivity index (χ0n) is 14.9. The fourth-order valence-corrected chi connectivity index (χ4v) is 3.44. The van der Waals surface area contributed by atoms with Crippen molar-refractivity contribution < 1.29 is 18.7 Å². The molecule has 3 rings (SSSR count). The van der Waals surface area contributed by atoms with Crippen LogP contribution in [0.2, 0.25) is 0 Å². The van der Waals surface area contributed by atoms with Gasteiger partial charge in [0.2, 0.25) is 5.91 Å². The van der Waals surface area contributed by atoms with Gasteiger partial charge in [-0.05, 0) is 38.8 Å². The van der Waals surface area contributed by atoms with Gasteiger partial charge in [0.25, 0.3) is 0 Å². The highest BCUT2D eigenvalue weighted by Gasteiger charge is 2.30.